The maximum absolute atomic E-state index is 13.9. The van der Waals surface area contributed by atoms with Crippen molar-refractivity contribution in [2.24, 2.45) is 5.92 Å². The minimum absolute atomic E-state index is 0.0179. The van der Waals surface area contributed by atoms with Gasteiger partial charge in [0.1, 0.15) is 6.17 Å². The van der Waals surface area contributed by atoms with Crippen LogP contribution in [-0.2, 0) is 0 Å². The van der Waals surface area contributed by atoms with Crippen LogP contribution in [0.1, 0.15) is 50.1 Å². The highest BCUT2D eigenvalue weighted by atomic mass is 19.3. The van der Waals surface area contributed by atoms with Crippen molar-refractivity contribution in [3.63, 3.8) is 0 Å². The molecule has 4 atom stereocenters. The zero-order valence-electron chi connectivity index (χ0n) is 14.8. The molecule has 2 bridgehead atoms. The number of hydrogen-bond donors (Lipinski definition) is 3. The van der Waals surface area contributed by atoms with Crippen molar-refractivity contribution in [1.82, 2.24) is 15.6 Å². The molecule has 150 valence electrons. The first-order valence-corrected chi connectivity index (χ1v) is 9.15. The van der Waals surface area contributed by atoms with E-state index in [9.17, 15) is 23.1 Å². The lowest BCUT2D eigenvalue weighted by molar-refractivity contribution is -0.0529. The highest BCUT2D eigenvalue weighted by Crippen LogP contribution is 2.44. The molecule has 0 aliphatic heterocycles. The van der Waals surface area contributed by atoms with E-state index in [0.717, 1.165) is 19.3 Å². The van der Waals surface area contributed by atoms with Crippen LogP contribution in [-0.4, -0.2) is 41.1 Å². The summed E-state index contributed by atoms with van der Waals surface area (Å²) in [5.41, 5.74) is -0.0255. The summed E-state index contributed by atoms with van der Waals surface area (Å²) in [6, 6.07) is 1.47. The quantitative estimate of drug-likeness (QED) is 0.701. The molecule has 2 saturated carbocycles. The van der Waals surface area contributed by atoms with E-state index < -0.39 is 37.0 Å². The number of carbonyl (C=O) groups is 1. The van der Waals surface area contributed by atoms with Crippen molar-refractivity contribution >= 4 is 6.03 Å². The summed E-state index contributed by atoms with van der Waals surface area (Å²) in [5, 5.41) is 15.2. The lowest BCUT2D eigenvalue weighted by atomic mass is 9.66. The van der Waals surface area contributed by atoms with Gasteiger partial charge in [0.2, 0.25) is 5.88 Å². The Morgan fingerprint density at radius 2 is 2.22 bits per heavy atom. The number of rotatable bonds is 6. The van der Waals surface area contributed by atoms with E-state index in [-0.39, 0.29) is 11.8 Å². The van der Waals surface area contributed by atoms with E-state index in [1.807, 2.05) is 0 Å². The number of nitrogens with zero attached hydrogens (tertiary/aromatic N) is 1. The first-order valence-electron chi connectivity index (χ1n) is 9.15. The van der Waals surface area contributed by atoms with Gasteiger partial charge in [0.25, 0.3) is 0 Å². The summed E-state index contributed by atoms with van der Waals surface area (Å²) in [7, 11) is 0. The average Bonchev–Trinajstić information content (AvgIpc) is 2.63. The van der Waals surface area contributed by atoms with Crippen molar-refractivity contribution in [1.29, 1.82) is 0 Å². The molecule has 9 heteroatoms. The predicted octanol–water partition coefficient (Wildman–Crippen LogP) is 3.08. The van der Waals surface area contributed by atoms with Crippen LogP contribution in [0, 0.1) is 5.92 Å². The molecule has 2 aliphatic rings. The molecule has 6 nitrogen and oxygen atoms in total. The van der Waals surface area contributed by atoms with Crippen LogP contribution < -0.4 is 15.4 Å². The highest BCUT2D eigenvalue weighted by Gasteiger charge is 2.44. The molecule has 2 amide bonds. The van der Waals surface area contributed by atoms with Crippen molar-refractivity contribution in [3.8, 4) is 5.88 Å². The molecule has 3 N–H and O–H groups in total. The molecular weight excluding hydrogens is 363 g/mol. The third-order valence-electron chi connectivity index (χ3n) is 5.53. The van der Waals surface area contributed by atoms with Crippen molar-refractivity contribution in [2.75, 3.05) is 6.61 Å². The lowest BCUT2D eigenvalue weighted by Crippen LogP contribution is -2.58. The summed E-state index contributed by atoms with van der Waals surface area (Å²) in [6.45, 7) is -3.44. The Morgan fingerprint density at radius 3 is 2.96 bits per heavy atom. The maximum Gasteiger partial charge on any atom is 0.388 e. The number of amides is 2. The van der Waals surface area contributed by atoms with Crippen molar-refractivity contribution in [3.05, 3.63) is 23.9 Å². The fourth-order valence-electron chi connectivity index (χ4n) is 4.24. The second-order valence-electron chi connectivity index (χ2n) is 7.33. The van der Waals surface area contributed by atoms with Gasteiger partial charge in [-0.2, -0.15) is 8.78 Å². The third-order valence-corrected chi connectivity index (χ3v) is 5.53. The first-order chi connectivity index (χ1) is 12.9. The molecule has 27 heavy (non-hydrogen) atoms. The molecule has 4 unspecified atom stereocenters. The largest absolute Gasteiger partial charge is 0.417 e. The number of aliphatic hydroxyl groups is 1. The Labute approximate surface area is 155 Å². The molecule has 1 aromatic rings. The smallest absolute Gasteiger partial charge is 0.388 e. The van der Waals surface area contributed by atoms with Crippen LogP contribution in [0.25, 0.3) is 0 Å². The van der Waals surface area contributed by atoms with E-state index in [1.54, 1.807) is 0 Å². The van der Waals surface area contributed by atoms with Crippen LogP contribution in [0.5, 0.6) is 5.88 Å². The molecule has 1 heterocycles. The van der Waals surface area contributed by atoms with E-state index in [1.165, 1.54) is 18.3 Å². The number of hydrogen-bond acceptors (Lipinski definition) is 4. The second kappa shape index (κ2) is 8.33. The molecule has 0 aromatic carbocycles. The number of nitrogens with one attached hydrogen (secondary N) is 2. The van der Waals surface area contributed by atoms with Crippen LogP contribution in [0.2, 0.25) is 0 Å². The second-order valence-corrected chi connectivity index (χ2v) is 7.33. The molecule has 2 aliphatic carbocycles. The fourth-order valence-corrected chi connectivity index (χ4v) is 4.24. The Balaban J connectivity index is 1.63. The fraction of sp³-hybridized carbons (Fsp3) is 0.667. The molecule has 2 fully saturated rings. The van der Waals surface area contributed by atoms with Gasteiger partial charge in [0, 0.05) is 17.8 Å². The molecule has 0 spiro atoms. The normalized spacial score (nSPS) is 28.5. The summed E-state index contributed by atoms with van der Waals surface area (Å²) in [5.74, 6) is -0.311. The summed E-state index contributed by atoms with van der Waals surface area (Å²) >= 11 is 0. The van der Waals surface area contributed by atoms with Crippen LogP contribution in [0.15, 0.2) is 18.3 Å². The highest BCUT2D eigenvalue weighted by molar-refractivity contribution is 5.75. The van der Waals surface area contributed by atoms with Gasteiger partial charge in [-0.05, 0) is 49.7 Å². The Kier molecular flexibility index (Phi) is 6.08. The topological polar surface area (TPSA) is 83.5 Å². The number of fused-ring (bicyclic) bond motifs is 2. The van der Waals surface area contributed by atoms with E-state index in [0.29, 0.717) is 24.8 Å². The van der Waals surface area contributed by atoms with Gasteiger partial charge in [0.15, 0.2) is 0 Å². The van der Waals surface area contributed by atoms with Gasteiger partial charge in [0.05, 0.1) is 12.6 Å². The maximum atomic E-state index is 13.9. The molecular formula is C18H24F3N3O3. The van der Waals surface area contributed by atoms with Crippen LogP contribution in [0.3, 0.4) is 0 Å². The molecule has 0 saturated heterocycles. The monoisotopic (exact) mass is 387 g/mol. The first kappa shape index (κ1) is 19.7. The lowest BCUT2D eigenvalue weighted by Gasteiger charge is -2.47. The van der Waals surface area contributed by atoms with E-state index >= 15 is 0 Å². The molecule has 0 radical (unpaired) electrons. The van der Waals surface area contributed by atoms with Crippen molar-refractivity contribution < 1.29 is 27.8 Å². The summed E-state index contributed by atoms with van der Waals surface area (Å²) < 4.78 is 42.9. The van der Waals surface area contributed by atoms with Crippen molar-refractivity contribution in [2.45, 2.75) is 62.9 Å². The summed E-state index contributed by atoms with van der Waals surface area (Å²) in [4.78, 5) is 16.2. The Morgan fingerprint density at radius 1 is 1.41 bits per heavy atom. The van der Waals surface area contributed by atoms with Gasteiger partial charge in [-0.3, -0.25) is 0 Å². The number of ether oxygens (including phenoxy) is 1. The van der Waals surface area contributed by atoms with Gasteiger partial charge >= 0.3 is 12.6 Å². The Hall–Kier alpha value is -2.03. The number of alkyl halides is 3. The minimum Gasteiger partial charge on any atom is -0.417 e. The number of aromatic nitrogens is 1. The van der Waals surface area contributed by atoms with Gasteiger partial charge in [-0.25, -0.2) is 14.2 Å². The number of halogens is 3. The standard InChI is InChI=1S/C18H24F3N3O3/c19-13-3-6-18(5-1-2-12(13)9-18)24-17(26)23-14(10-25)11-4-7-22-15(8-11)27-16(20)21/h4,7-8,12-14,16,25H,1-3,5-6,9-10H2,(H2,23,24,26). The average molecular weight is 387 g/mol. The number of aliphatic hydroxyl groups excluding tert-OH is 1. The van der Waals surface area contributed by atoms with E-state index in [4.69, 9.17) is 0 Å². The molecule has 3 rings (SSSR count). The summed E-state index contributed by atoms with van der Waals surface area (Å²) in [6.07, 6.45) is 4.61. The SMILES string of the molecule is O=C(NC(CO)c1ccnc(OC(F)F)c1)NC12CCCC(C1)C(F)CC2. The predicted molar refractivity (Wildman–Crippen MR) is 91.2 cm³/mol. The number of pyridine rings is 1. The Bertz CT molecular complexity index is 664. The van der Waals surface area contributed by atoms with Gasteiger partial charge < -0.3 is 20.5 Å². The van der Waals surface area contributed by atoms with Gasteiger partial charge in [-0.15, -0.1) is 0 Å². The van der Waals surface area contributed by atoms with Crippen LogP contribution in [0.4, 0.5) is 18.0 Å². The van der Waals surface area contributed by atoms with Crippen LogP contribution >= 0.6 is 0 Å². The zero-order chi connectivity index (χ0) is 19.4. The number of urea groups is 1. The number of carbonyl (C=O) groups excluding carboxylic acids is 1. The van der Waals surface area contributed by atoms with E-state index in [2.05, 4.69) is 20.4 Å². The zero-order valence-corrected chi connectivity index (χ0v) is 14.8. The molecule has 1 aromatic heterocycles. The minimum atomic E-state index is -3.01. The van der Waals surface area contributed by atoms with Gasteiger partial charge in [-0.1, -0.05) is 6.42 Å². The third kappa shape index (κ3) is 4.82.